The van der Waals surface area contributed by atoms with Gasteiger partial charge in [-0.15, -0.1) is 0 Å². The minimum Gasteiger partial charge on any atom is -0.340 e. The van der Waals surface area contributed by atoms with Crippen molar-refractivity contribution in [1.29, 1.82) is 0 Å². The van der Waals surface area contributed by atoms with Crippen molar-refractivity contribution in [3.63, 3.8) is 0 Å². The molecule has 1 aromatic carbocycles. The van der Waals surface area contributed by atoms with Gasteiger partial charge in [-0.2, -0.15) is 0 Å². The number of likely N-dealkylation sites (N-methyl/N-ethyl adjacent to an activating group) is 1. The molecular weight excluding hydrogens is 250 g/mol. The summed E-state index contributed by atoms with van der Waals surface area (Å²) in [5.74, 6) is -1.92. The van der Waals surface area contributed by atoms with Crippen molar-refractivity contribution in [2.45, 2.75) is 32.9 Å². The van der Waals surface area contributed by atoms with E-state index in [0.29, 0.717) is 5.56 Å². The maximum absolute atomic E-state index is 13.1. The molecule has 1 amide bonds. The van der Waals surface area contributed by atoms with Crippen LogP contribution in [0.2, 0.25) is 0 Å². The zero-order valence-electron chi connectivity index (χ0n) is 11.5. The average Bonchev–Trinajstić information content (AvgIpc) is 2.40. The molecule has 2 N–H and O–H groups in total. The third kappa shape index (κ3) is 3.99. The lowest BCUT2D eigenvalue weighted by Gasteiger charge is -2.24. The summed E-state index contributed by atoms with van der Waals surface area (Å²) in [7, 11) is 1.60. The molecule has 106 valence electrons. The van der Waals surface area contributed by atoms with E-state index in [1.807, 2.05) is 13.8 Å². The van der Waals surface area contributed by atoms with Crippen LogP contribution >= 0.6 is 0 Å². The third-order valence-electron chi connectivity index (χ3n) is 3.32. The molecule has 0 saturated carbocycles. The number of carbonyl (C=O) groups excluding carboxylic acids is 1. The first-order valence-electron chi connectivity index (χ1n) is 6.31. The summed E-state index contributed by atoms with van der Waals surface area (Å²) in [5, 5.41) is 0. The Morgan fingerprint density at radius 1 is 1.37 bits per heavy atom. The molecule has 1 aromatic rings. The Hall–Kier alpha value is -1.49. The Morgan fingerprint density at radius 2 is 2.00 bits per heavy atom. The number of nitrogens with two attached hydrogens (primary N) is 1. The first-order chi connectivity index (χ1) is 8.86. The lowest BCUT2D eigenvalue weighted by molar-refractivity contribution is -0.132. The Morgan fingerprint density at radius 3 is 2.53 bits per heavy atom. The highest BCUT2D eigenvalue weighted by atomic mass is 19.2. The number of hydrogen-bond acceptors (Lipinski definition) is 2. The summed E-state index contributed by atoms with van der Waals surface area (Å²) in [6.45, 7) is 4.08. The van der Waals surface area contributed by atoms with Crippen LogP contribution in [0.3, 0.4) is 0 Å². The van der Waals surface area contributed by atoms with Crippen LogP contribution in [0.15, 0.2) is 18.2 Å². The number of rotatable bonds is 5. The Kier molecular flexibility index (Phi) is 5.42. The zero-order chi connectivity index (χ0) is 14.6. The highest BCUT2D eigenvalue weighted by Gasteiger charge is 2.22. The predicted molar refractivity (Wildman–Crippen MR) is 70.3 cm³/mol. The van der Waals surface area contributed by atoms with Crippen LogP contribution in [0.5, 0.6) is 0 Å². The molecule has 1 unspecified atom stereocenters. The van der Waals surface area contributed by atoms with Crippen LogP contribution in [0, 0.1) is 17.6 Å². The predicted octanol–water partition coefficient (Wildman–Crippen LogP) is 2.30. The third-order valence-corrected chi connectivity index (χ3v) is 3.32. The normalized spacial score (nSPS) is 14.0. The van der Waals surface area contributed by atoms with Gasteiger partial charge in [0.15, 0.2) is 11.6 Å². The summed E-state index contributed by atoms with van der Waals surface area (Å²) in [6.07, 6.45) is 0.811. The van der Waals surface area contributed by atoms with Crippen molar-refractivity contribution in [2.75, 3.05) is 7.05 Å². The van der Waals surface area contributed by atoms with E-state index in [9.17, 15) is 13.6 Å². The van der Waals surface area contributed by atoms with Crippen molar-refractivity contribution in [3.05, 3.63) is 35.4 Å². The summed E-state index contributed by atoms with van der Waals surface area (Å²) >= 11 is 0. The molecule has 0 heterocycles. The first kappa shape index (κ1) is 15.6. The largest absolute Gasteiger partial charge is 0.340 e. The van der Waals surface area contributed by atoms with Gasteiger partial charge in [-0.3, -0.25) is 4.79 Å². The first-order valence-corrected chi connectivity index (χ1v) is 6.31. The van der Waals surface area contributed by atoms with Crippen LogP contribution in [0.1, 0.15) is 25.8 Å². The van der Waals surface area contributed by atoms with Crippen molar-refractivity contribution in [3.8, 4) is 0 Å². The van der Waals surface area contributed by atoms with Gasteiger partial charge in [0.05, 0.1) is 6.04 Å². The summed E-state index contributed by atoms with van der Waals surface area (Å²) in [6, 6.07) is 3.03. The molecule has 2 atom stereocenters. The van der Waals surface area contributed by atoms with Crippen molar-refractivity contribution < 1.29 is 13.6 Å². The molecule has 1 rings (SSSR count). The topological polar surface area (TPSA) is 46.3 Å². The second-order valence-electron chi connectivity index (χ2n) is 4.85. The van der Waals surface area contributed by atoms with Gasteiger partial charge in [-0.05, 0) is 23.6 Å². The molecule has 3 nitrogen and oxygen atoms in total. The van der Waals surface area contributed by atoms with E-state index in [0.717, 1.165) is 18.6 Å². The van der Waals surface area contributed by atoms with E-state index >= 15 is 0 Å². The lowest BCUT2D eigenvalue weighted by atomic mass is 9.99. The Balaban J connectivity index is 2.70. The van der Waals surface area contributed by atoms with E-state index in [1.165, 1.54) is 11.0 Å². The van der Waals surface area contributed by atoms with Gasteiger partial charge in [-0.1, -0.05) is 26.3 Å². The molecule has 19 heavy (non-hydrogen) atoms. The smallest absolute Gasteiger partial charge is 0.239 e. The number of carbonyl (C=O) groups is 1. The molecule has 0 aliphatic heterocycles. The highest BCUT2D eigenvalue weighted by molar-refractivity contribution is 5.81. The minimum absolute atomic E-state index is 0.0832. The number of nitrogens with zero attached hydrogens (tertiary/aromatic N) is 1. The van der Waals surface area contributed by atoms with E-state index in [4.69, 9.17) is 5.73 Å². The van der Waals surface area contributed by atoms with Gasteiger partial charge in [0.2, 0.25) is 5.91 Å². The molecule has 0 fully saturated rings. The lowest BCUT2D eigenvalue weighted by Crippen LogP contribution is -2.45. The second-order valence-corrected chi connectivity index (χ2v) is 4.85. The van der Waals surface area contributed by atoms with Gasteiger partial charge >= 0.3 is 0 Å². The van der Waals surface area contributed by atoms with Crippen LogP contribution in [-0.2, 0) is 11.3 Å². The molecule has 0 radical (unpaired) electrons. The van der Waals surface area contributed by atoms with Crippen molar-refractivity contribution in [2.24, 2.45) is 11.7 Å². The average molecular weight is 270 g/mol. The molecule has 5 heteroatoms. The standard InChI is InChI=1S/C14H20F2N2O/c1-4-9(2)13(17)14(19)18(3)8-10-5-6-11(15)12(16)7-10/h5-7,9,13H,4,8,17H2,1-3H3/t9?,13-/m0/s1. The molecule has 0 aliphatic carbocycles. The number of halogens is 2. The second kappa shape index (κ2) is 6.61. The van der Waals surface area contributed by atoms with E-state index in [2.05, 4.69) is 0 Å². The van der Waals surface area contributed by atoms with E-state index < -0.39 is 17.7 Å². The highest BCUT2D eigenvalue weighted by Crippen LogP contribution is 2.13. The Bertz CT molecular complexity index is 451. The quantitative estimate of drug-likeness (QED) is 0.892. The fourth-order valence-electron chi connectivity index (χ4n) is 1.74. The molecular formula is C14H20F2N2O. The molecule has 0 spiro atoms. The maximum atomic E-state index is 13.1. The zero-order valence-corrected chi connectivity index (χ0v) is 11.5. The number of benzene rings is 1. The number of amides is 1. The molecule has 0 saturated heterocycles. The van der Waals surface area contributed by atoms with Gasteiger partial charge < -0.3 is 10.6 Å². The van der Waals surface area contributed by atoms with Crippen molar-refractivity contribution in [1.82, 2.24) is 4.90 Å². The van der Waals surface area contributed by atoms with Gasteiger partial charge in [0, 0.05) is 13.6 Å². The molecule has 0 bridgehead atoms. The molecule has 0 aromatic heterocycles. The molecule has 0 aliphatic rings. The van der Waals surface area contributed by atoms with Crippen LogP contribution in [-0.4, -0.2) is 23.9 Å². The van der Waals surface area contributed by atoms with Gasteiger partial charge in [0.25, 0.3) is 0 Å². The SMILES string of the molecule is CCC(C)[C@H](N)C(=O)N(C)Cc1ccc(F)c(F)c1. The van der Waals surface area contributed by atoms with Crippen molar-refractivity contribution >= 4 is 5.91 Å². The monoisotopic (exact) mass is 270 g/mol. The summed E-state index contributed by atoms with van der Waals surface area (Å²) < 4.78 is 25.9. The fraction of sp³-hybridized carbons (Fsp3) is 0.500. The van der Waals surface area contributed by atoms with Crippen LogP contribution in [0.4, 0.5) is 8.78 Å². The van der Waals surface area contributed by atoms with Gasteiger partial charge in [-0.25, -0.2) is 8.78 Å². The van der Waals surface area contributed by atoms with E-state index in [-0.39, 0.29) is 18.4 Å². The van der Waals surface area contributed by atoms with Crippen LogP contribution in [0.25, 0.3) is 0 Å². The Labute approximate surface area is 112 Å². The summed E-state index contributed by atoms with van der Waals surface area (Å²) in [5.41, 5.74) is 6.39. The maximum Gasteiger partial charge on any atom is 0.239 e. The summed E-state index contributed by atoms with van der Waals surface area (Å²) in [4.78, 5) is 13.5. The van der Waals surface area contributed by atoms with Gasteiger partial charge in [0.1, 0.15) is 0 Å². The minimum atomic E-state index is -0.912. The van der Waals surface area contributed by atoms with Crippen LogP contribution < -0.4 is 5.73 Å². The fourth-order valence-corrected chi connectivity index (χ4v) is 1.74. The number of hydrogen-bond donors (Lipinski definition) is 1. The van der Waals surface area contributed by atoms with E-state index in [1.54, 1.807) is 7.05 Å².